The number of carbonyl (C=O) groups excluding carboxylic acids is 1. The maximum Gasteiger partial charge on any atom is 0.240 e. The van der Waals surface area contributed by atoms with Gasteiger partial charge in [-0.3, -0.25) is 9.78 Å². The van der Waals surface area contributed by atoms with Crippen molar-refractivity contribution in [1.29, 1.82) is 0 Å². The van der Waals surface area contributed by atoms with Crippen LogP contribution >= 0.6 is 11.6 Å². The summed E-state index contributed by atoms with van der Waals surface area (Å²) in [5, 5.41) is 3.57. The minimum atomic E-state index is -0.116. The summed E-state index contributed by atoms with van der Waals surface area (Å²) in [5.41, 5.74) is 3.34. The molecule has 0 bridgehead atoms. The largest absolute Gasteiger partial charge is 0.350 e. The van der Waals surface area contributed by atoms with E-state index in [1.54, 1.807) is 6.20 Å². The van der Waals surface area contributed by atoms with Crippen molar-refractivity contribution in [2.24, 2.45) is 0 Å². The Morgan fingerprint density at radius 3 is 2.59 bits per heavy atom. The summed E-state index contributed by atoms with van der Waals surface area (Å²) >= 11 is 6.16. The lowest BCUT2D eigenvalue weighted by Gasteiger charge is -2.10. The minimum absolute atomic E-state index is 0.116. The topological polar surface area (TPSA) is 59.8 Å². The molecule has 0 fully saturated rings. The third-order valence-corrected chi connectivity index (χ3v) is 4.65. The van der Waals surface area contributed by atoms with Crippen LogP contribution in [0.15, 0.2) is 72.9 Å². The van der Waals surface area contributed by atoms with Crippen molar-refractivity contribution < 1.29 is 4.79 Å². The zero-order chi connectivity index (χ0) is 18.6. The molecular weight excluding hydrogens is 360 g/mol. The number of benzene rings is 2. The quantitative estimate of drug-likeness (QED) is 0.571. The third kappa shape index (κ3) is 3.68. The van der Waals surface area contributed by atoms with Gasteiger partial charge in [-0.1, -0.05) is 48.0 Å². The zero-order valence-electron chi connectivity index (χ0n) is 14.5. The molecule has 0 atom stereocenters. The second kappa shape index (κ2) is 7.60. The van der Waals surface area contributed by atoms with Crippen LogP contribution in [0.3, 0.4) is 0 Å². The van der Waals surface area contributed by atoms with Gasteiger partial charge in [-0.15, -0.1) is 0 Å². The fourth-order valence-electron chi connectivity index (χ4n) is 2.96. The lowest BCUT2D eigenvalue weighted by atomic mass is 10.2. The van der Waals surface area contributed by atoms with E-state index in [1.165, 1.54) is 0 Å². The maximum atomic E-state index is 12.6. The van der Waals surface area contributed by atoms with Crippen molar-refractivity contribution in [2.45, 2.75) is 13.1 Å². The molecule has 6 heteroatoms. The Morgan fingerprint density at radius 1 is 1.00 bits per heavy atom. The number of imidazole rings is 1. The Hall–Kier alpha value is -3.18. The first-order valence-corrected chi connectivity index (χ1v) is 8.97. The molecule has 0 saturated carbocycles. The van der Waals surface area contributed by atoms with E-state index in [0.717, 1.165) is 22.3 Å². The Balaban J connectivity index is 1.61. The molecule has 0 spiro atoms. The molecule has 2 heterocycles. The number of nitrogens with one attached hydrogen (secondary N) is 1. The maximum absolute atomic E-state index is 12.6. The number of nitrogens with zero attached hydrogens (tertiary/aromatic N) is 3. The van der Waals surface area contributed by atoms with Crippen molar-refractivity contribution >= 4 is 28.5 Å². The van der Waals surface area contributed by atoms with Gasteiger partial charge in [0.15, 0.2) is 5.82 Å². The fraction of sp³-hybridized carbons (Fsp3) is 0.0952. The number of hydrogen-bond acceptors (Lipinski definition) is 3. The van der Waals surface area contributed by atoms with Gasteiger partial charge in [-0.25, -0.2) is 4.98 Å². The molecule has 4 rings (SSSR count). The standard InChI is InChI=1S/C21H17ClN4O/c22-16-8-2-1-7-15(16)13-24-20(27)14-26-19-11-4-3-9-17(19)25-21(26)18-10-5-6-12-23-18/h1-12H,13-14H2,(H,24,27). The van der Waals surface area contributed by atoms with Gasteiger partial charge in [-0.2, -0.15) is 0 Å². The minimum Gasteiger partial charge on any atom is -0.350 e. The molecule has 134 valence electrons. The smallest absolute Gasteiger partial charge is 0.240 e. The number of rotatable bonds is 5. The summed E-state index contributed by atoms with van der Waals surface area (Å²) in [5.74, 6) is 0.556. The molecule has 27 heavy (non-hydrogen) atoms. The lowest BCUT2D eigenvalue weighted by molar-refractivity contribution is -0.121. The van der Waals surface area contributed by atoms with Crippen LogP contribution in [0.1, 0.15) is 5.56 Å². The Labute approximate surface area is 161 Å². The molecule has 2 aromatic carbocycles. The van der Waals surface area contributed by atoms with E-state index in [9.17, 15) is 4.79 Å². The summed E-state index contributed by atoms with van der Waals surface area (Å²) in [6, 6.07) is 20.9. The van der Waals surface area contributed by atoms with Crippen LogP contribution in [0.5, 0.6) is 0 Å². The highest BCUT2D eigenvalue weighted by atomic mass is 35.5. The molecule has 1 amide bonds. The van der Waals surface area contributed by atoms with E-state index in [4.69, 9.17) is 11.6 Å². The summed E-state index contributed by atoms with van der Waals surface area (Å²) in [6.45, 7) is 0.529. The highest BCUT2D eigenvalue weighted by Crippen LogP contribution is 2.23. The first-order valence-electron chi connectivity index (χ1n) is 8.59. The molecule has 5 nitrogen and oxygen atoms in total. The zero-order valence-corrected chi connectivity index (χ0v) is 15.2. The van der Waals surface area contributed by atoms with Gasteiger partial charge in [0, 0.05) is 17.8 Å². The summed E-state index contributed by atoms with van der Waals surface area (Å²) < 4.78 is 1.89. The van der Waals surface area contributed by atoms with Crippen LogP contribution in [0.4, 0.5) is 0 Å². The van der Waals surface area contributed by atoms with E-state index in [2.05, 4.69) is 15.3 Å². The molecular formula is C21H17ClN4O. The molecule has 0 aliphatic heterocycles. The number of pyridine rings is 1. The van der Waals surface area contributed by atoms with Gasteiger partial charge >= 0.3 is 0 Å². The number of para-hydroxylation sites is 2. The first kappa shape index (κ1) is 17.2. The Bertz CT molecular complexity index is 1090. The molecule has 0 aliphatic rings. The van der Waals surface area contributed by atoms with Crippen molar-refractivity contribution in [3.8, 4) is 11.5 Å². The van der Waals surface area contributed by atoms with Crippen molar-refractivity contribution in [3.05, 3.63) is 83.5 Å². The SMILES string of the molecule is O=C(Cn1c(-c2ccccn2)nc2ccccc21)NCc1ccccc1Cl. The number of carbonyl (C=O) groups is 1. The number of aromatic nitrogens is 3. The number of hydrogen-bond donors (Lipinski definition) is 1. The number of amides is 1. The van der Waals surface area contributed by atoms with Crippen LogP contribution in [0, 0.1) is 0 Å². The average Bonchev–Trinajstić information content (AvgIpc) is 3.06. The molecule has 1 N–H and O–H groups in total. The third-order valence-electron chi connectivity index (χ3n) is 4.28. The van der Waals surface area contributed by atoms with E-state index in [0.29, 0.717) is 17.4 Å². The first-order chi connectivity index (χ1) is 13.2. The van der Waals surface area contributed by atoms with Crippen LogP contribution in [0.2, 0.25) is 5.02 Å². The monoisotopic (exact) mass is 376 g/mol. The van der Waals surface area contributed by atoms with Crippen LogP contribution in [-0.2, 0) is 17.9 Å². The number of halogens is 1. The van der Waals surface area contributed by atoms with Crippen LogP contribution < -0.4 is 5.32 Å². The highest BCUT2D eigenvalue weighted by molar-refractivity contribution is 6.31. The fourth-order valence-corrected chi connectivity index (χ4v) is 3.16. The summed E-state index contributed by atoms with van der Waals surface area (Å²) in [7, 11) is 0. The second-order valence-electron chi connectivity index (χ2n) is 6.09. The van der Waals surface area contributed by atoms with Gasteiger partial charge in [-0.05, 0) is 35.9 Å². The predicted octanol–water partition coefficient (Wildman–Crippen LogP) is 4.07. The van der Waals surface area contributed by atoms with Crippen LogP contribution in [0.25, 0.3) is 22.6 Å². The van der Waals surface area contributed by atoms with Gasteiger partial charge in [0.1, 0.15) is 12.2 Å². The van der Waals surface area contributed by atoms with Crippen molar-refractivity contribution in [2.75, 3.05) is 0 Å². The molecule has 0 radical (unpaired) electrons. The van der Waals surface area contributed by atoms with Crippen LogP contribution in [-0.4, -0.2) is 20.4 Å². The van der Waals surface area contributed by atoms with E-state index in [1.807, 2.05) is 71.3 Å². The van der Waals surface area contributed by atoms with Crippen molar-refractivity contribution in [3.63, 3.8) is 0 Å². The summed E-state index contributed by atoms with van der Waals surface area (Å²) in [6.07, 6.45) is 1.72. The average molecular weight is 377 g/mol. The Morgan fingerprint density at radius 2 is 1.78 bits per heavy atom. The van der Waals surface area contributed by atoms with Gasteiger partial charge in [0.05, 0.1) is 11.0 Å². The number of fused-ring (bicyclic) bond motifs is 1. The lowest BCUT2D eigenvalue weighted by Crippen LogP contribution is -2.27. The predicted molar refractivity (Wildman–Crippen MR) is 106 cm³/mol. The molecule has 0 saturated heterocycles. The van der Waals surface area contributed by atoms with E-state index >= 15 is 0 Å². The molecule has 0 aliphatic carbocycles. The van der Waals surface area contributed by atoms with Gasteiger partial charge < -0.3 is 9.88 Å². The molecule has 4 aromatic rings. The summed E-state index contributed by atoms with van der Waals surface area (Å²) in [4.78, 5) is 21.7. The molecule has 2 aromatic heterocycles. The van der Waals surface area contributed by atoms with Gasteiger partial charge in [0.25, 0.3) is 0 Å². The van der Waals surface area contributed by atoms with E-state index < -0.39 is 0 Å². The highest BCUT2D eigenvalue weighted by Gasteiger charge is 2.15. The second-order valence-corrected chi connectivity index (χ2v) is 6.50. The van der Waals surface area contributed by atoms with Crippen molar-refractivity contribution in [1.82, 2.24) is 19.9 Å². The molecule has 0 unspecified atom stereocenters. The van der Waals surface area contributed by atoms with E-state index in [-0.39, 0.29) is 12.5 Å². The normalized spacial score (nSPS) is 10.9. The Kier molecular flexibility index (Phi) is 4.85. The van der Waals surface area contributed by atoms with Gasteiger partial charge in [0.2, 0.25) is 5.91 Å².